The molecule has 10 heteroatoms. The summed E-state index contributed by atoms with van der Waals surface area (Å²) in [7, 11) is 0. The summed E-state index contributed by atoms with van der Waals surface area (Å²) in [4.78, 5) is 3.88. The van der Waals surface area contributed by atoms with E-state index in [2.05, 4.69) is 25.6 Å². The van der Waals surface area contributed by atoms with Crippen molar-refractivity contribution >= 4 is 6.08 Å². The smallest absolute Gasteiger partial charge is 0.143 e. The Kier molecular flexibility index (Phi) is 6.13. The number of aliphatic hydroxyl groups is 1. The Labute approximate surface area is 182 Å². The van der Waals surface area contributed by atoms with Crippen LogP contribution in [0.2, 0.25) is 0 Å². The molecule has 0 saturated heterocycles. The van der Waals surface area contributed by atoms with E-state index in [1.165, 1.54) is 29.7 Å². The van der Waals surface area contributed by atoms with Crippen LogP contribution in [0.15, 0.2) is 67.5 Å². The van der Waals surface area contributed by atoms with Gasteiger partial charge in [-0.1, -0.05) is 37.3 Å². The van der Waals surface area contributed by atoms with E-state index in [1.54, 1.807) is 4.68 Å². The van der Waals surface area contributed by atoms with Crippen LogP contribution in [0, 0.1) is 17.6 Å². The minimum Gasteiger partial charge on any atom is -0.383 e. The van der Waals surface area contributed by atoms with Gasteiger partial charge in [0.25, 0.3) is 0 Å². The van der Waals surface area contributed by atoms with Crippen LogP contribution >= 0.6 is 0 Å². The minimum absolute atomic E-state index is 0.0149. The van der Waals surface area contributed by atoms with Crippen molar-refractivity contribution < 1.29 is 13.9 Å². The molecule has 8 nitrogen and oxygen atoms in total. The number of hydrogen-bond acceptors (Lipinski definition) is 6. The zero-order chi connectivity index (χ0) is 22.6. The van der Waals surface area contributed by atoms with Gasteiger partial charge >= 0.3 is 0 Å². The summed E-state index contributed by atoms with van der Waals surface area (Å²) in [5.41, 5.74) is 0.164. The van der Waals surface area contributed by atoms with Crippen molar-refractivity contribution in [2.75, 3.05) is 0 Å². The number of rotatable bonds is 8. The van der Waals surface area contributed by atoms with E-state index in [-0.39, 0.29) is 12.1 Å². The first-order valence-corrected chi connectivity index (χ1v) is 9.96. The summed E-state index contributed by atoms with van der Waals surface area (Å²) in [6.45, 7) is 1.79. The van der Waals surface area contributed by atoms with E-state index < -0.39 is 23.2 Å². The molecule has 0 bridgehead atoms. The Bertz CT molecular complexity index is 1180. The largest absolute Gasteiger partial charge is 0.383 e. The standard InChI is InChI=1S/C22H21F2N7O/c1-16(3-2-4-17-5-8-19(9-6-17)31-15-26-28-29-31)22(32,12-30-14-25-13-27-30)20-10-7-18(23)11-21(20)24/h2,4-11,13-16,32H,3,12H2,1H3/b4-2+. The molecule has 0 spiro atoms. The molecule has 2 atom stereocenters. The van der Waals surface area contributed by atoms with E-state index in [0.717, 1.165) is 23.4 Å². The third-order valence-electron chi connectivity index (χ3n) is 5.39. The van der Waals surface area contributed by atoms with Crippen LogP contribution in [0.1, 0.15) is 24.5 Å². The Morgan fingerprint density at radius 2 is 1.94 bits per heavy atom. The lowest BCUT2D eigenvalue weighted by Gasteiger charge is -2.34. The number of tetrazole rings is 1. The van der Waals surface area contributed by atoms with Crippen LogP contribution in [-0.4, -0.2) is 40.1 Å². The molecule has 0 amide bonds. The summed E-state index contributed by atoms with van der Waals surface area (Å²) in [5.74, 6) is -1.92. The maximum Gasteiger partial charge on any atom is 0.143 e. The van der Waals surface area contributed by atoms with Gasteiger partial charge in [0, 0.05) is 11.6 Å². The molecular formula is C22H21F2N7O. The Morgan fingerprint density at radius 1 is 1.12 bits per heavy atom. The molecule has 4 rings (SSSR count). The van der Waals surface area contributed by atoms with Crippen molar-refractivity contribution in [3.05, 3.63) is 90.3 Å². The highest BCUT2D eigenvalue weighted by Gasteiger charge is 2.38. The molecule has 1 N–H and O–H groups in total. The van der Waals surface area contributed by atoms with Crippen molar-refractivity contribution in [2.45, 2.75) is 25.5 Å². The molecule has 0 fully saturated rings. The maximum atomic E-state index is 14.6. The Balaban J connectivity index is 1.52. The van der Waals surface area contributed by atoms with E-state index >= 15 is 0 Å². The van der Waals surface area contributed by atoms with Crippen molar-refractivity contribution in [1.29, 1.82) is 0 Å². The average Bonchev–Trinajstić information content (AvgIpc) is 3.48. The zero-order valence-corrected chi connectivity index (χ0v) is 17.3. The first-order valence-electron chi connectivity index (χ1n) is 9.96. The van der Waals surface area contributed by atoms with Gasteiger partial charge in [0.15, 0.2) is 0 Å². The lowest BCUT2D eigenvalue weighted by molar-refractivity contribution is -0.0379. The Morgan fingerprint density at radius 3 is 2.59 bits per heavy atom. The molecule has 4 aromatic rings. The van der Waals surface area contributed by atoms with Gasteiger partial charge in [0.1, 0.15) is 36.2 Å². The van der Waals surface area contributed by atoms with Crippen LogP contribution < -0.4 is 0 Å². The summed E-state index contributed by atoms with van der Waals surface area (Å²) in [6.07, 6.45) is 8.56. The molecule has 2 unspecified atom stereocenters. The molecule has 2 heterocycles. The van der Waals surface area contributed by atoms with Gasteiger partial charge in [0.2, 0.25) is 0 Å². The van der Waals surface area contributed by atoms with Gasteiger partial charge in [0.05, 0.1) is 12.2 Å². The average molecular weight is 437 g/mol. The van der Waals surface area contributed by atoms with Crippen molar-refractivity contribution in [3.63, 3.8) is 0 Å². The Hall–Kier alpha value is -3.79. The lowest BCUT2D eigenvalue weighted by atomic mass is 9.80. The molecule has 2 aromatic heterocycles. The van der Waals surface area contributed by atoms with Crippen LogP contribution in [0.4, 0.5) is 8.78 Å². The van der Waals surface area contributed by atoms with Crippen LogP contribution in [0.5, 0.6) is 0 Å². The monoisotopic (exact) mass is 437 g/mol. The molecule has 0 aliphatic heterocycles. The fraction of sp³-hybridized carbons (Fsp3) is 0.227. The first-order chi connectivity index (χ1) is 15.5. The highest BCUT2D eigenvalue weighted by atomic mass is 19.1. The van der Waals surface area contributed by atoms with Gasteiger partial charge in [-0.2, -0.15) is 5.10 Å². The fourth-order valence-corrected chi connectivity index (χ4v) is 3.53. The second-order valence-electron chi connectivity index (χ2n) is 7.53. The predicted molar refractivity (Wildman–Crippen MR) is 112 cm³/mol. The summed E-state index contributed by atoms with van der Waals surface area (Å²) in [6, 6.07) is 10.8. The summed E-state index contributed by atoms with van der Waals surface area (Å²) >= 11 is 0. The van der Waals surface area contributed by atoms with Crippen molar-refractivity contribution in [3.8, 4) is 5.69 Å². The van der Waals surface area contributed by atoms with E-state index in [9.17, 15) is 13.9 Å². The molecule has 32 heavy (non-hydrogen) atoms. The topological polar surface area (TPSA) is 94.5 Å². The van der Waals surface area contributed by atoms with E-state index in [0.29, 0.717) is 6.42 Å². The highest BCUT2D eigenvalue weighted by Crippen LogP contribution is 2.35. The maximum absolute atomic E-state index is 14.6. The number of benzene rings is 2. The van der Waals surface area contributed by atoms with Gasteiger partial charge in [-0.15, -0.1) is 5.10 Å². The molecule has 2 aromatic carbocycles. The van der Waals surface area contributed by atoms with Crippen LogP contribution in [-0.2, 0) is 12.1 Å². The summed E-state index contributed by atoms with van der Waals surface area (Å²) in [5, 5.41) is 26.6. The predicted octanol–water partition coefficient (Wildman–Crippen LogP) is 3.16. The number of aromatic nitrogens is 7. The quantitative estimate of drug-likeness (QED) is 0.455. The van der Waals surface area contributed by atoms with Gasteiger partial charge < -0.3 is 5.11 Å². The first kappa shape index (κ1) is 21.4. The second kappa shape index (κ2) is 9.15. The van der Waals surface area contributed by atoms with Gasteiger partial charge in [-0.05, 0) is 46.5 Å². The van der Waals surface area contributed by atoms with Crippen molar-refractivity contribution in [2.24, 2.45) is 5.92 Å². The third-order valence-corrected chi connectivity index (χ3v) is 5.39. The number of allylic oxidation sites excluding steroid dienone is 1. The van der Waals surface area contributed by atoms with Crippen LogP contribution in [0.3, 0.4) is 0 Å². The van der Waals surface area contributed by atoms with Crippen molar-refractivity contribution in [1.82, 2.24) is 35.0 Å². The van der Waals surface area contributed by atoms with Gasteiger partial charge in [-0.3, -0.25) is 0 Å². The fourth-order valence-electron chi connectivity index (χ4n) is 3.53. The number of hydrogen-bond donors (Lipinski definition) is 1. The summed E-state index contributed by atoms with van der Waals surface area (Å²) < 4.78 is 31.0. The van der Waals surface area contributed by atoms with E-state index in [4.69, 9.17) is 0 Å². The highest BCUT2D eigenvalue weighted by molar-refractivity contribution is 5.51. The second-order valence-corrected chi connectivity index (χ2v) is 7.53. The molecule has 0 saturated carbocycles. The zero-order valence-electron chi connectivity index (χ0n) is 17.3. The normalized spacial score (nSPS) is 14.5. The van der Waals surface area contributed by atoms with Gasteiger partial charge in [-0.25, -0.2) is 23.1 Å². The molecule has 0 aliphatic carbocycles. The SMILES string of the molecule is CC(C/C=C/c1ccc(-n2cnnn2)cc1)C(O)(Cn1cncn1)c1ccc(F)cc1F. The molecular weight excluding hydrogens is 416 g/mol. The van der Waals surface area contributed by atoms with Crippen LogP contribution in [0.25, 0.3) is 11.8 Å². The molecule has 0 radical (unpaired) electrons. The minimum atomic E-state index is -1.63. The molecule has 164 valence electrons. The third kappa shape index (κ3) is 4.59. The van der Waals surface area contributed by atoms with E-state index in [1.807, 2.05) is 43.3 Å². The lowest BCUT2D eigenvalue weighted by Crippen LogP contribution is -2.39. The number of nitrogens with zero attached hydrogens (tertiary/aromatic N) is 7. The molecule has 0 aliphatic rings. The number of halogens is 2.